The maximum absolute atomic E-state index is 12.4. The van der Waals surface area contributed by atoms with Crippen molar-refractivity contribution >= 4 is 11.6 Å². The first-order valence-electron chi connectivity index (χ1n) is 8.60. The van der Waals surface area contributed by atoms with Gasteiger partial charge in [0, 0.05) is 5.56 Å². The predicted octanol–water partition coefficient (Wildman–Crippen LogP) is 2.39. The second kappa shape index (κ2) is 8.51. The Morgan fingerprint density at radius 1 is 1.07 bits per heavy atom. The van der Waals surface area contributed by atoms with Crippen molar-refractivity contribution in [2.24, 2.45) is 5.10 Å². The number of carbonyl (C=O) groups is 1. The first kappa shape index (κ1) is 19.3. The molecule has 1 aliphatic heterocycles. The van der Waals surface area contributed by atoms with Crippen molar-refractivity contribution in [2.45, 2.75) is 13.0 Å². The summed E-state index contributed by atoms with van der Waals surface area (Å²) >= 11 is 0. The van der Waals surface area contributed by atoms with Gasteiger partial charge >= 0.3 is 0 Å². The molecule has 148 valence electrons. The number of hydrazone groups is 1. The maximum Gasteiger partial charge on any atom is 0.284 e. The summed E-state index contributed by atoms with van der Waals surface area (Å²) in [4.78, 5) is 12.4. The van der Waals surface area contributed by atoms with Gasteiger partial charge in [-0.15, -0.1) is 0 Å². The van der Waals surface area contributed by atoms with Crippen molar-refractivity contribution in [1.82, 2.24) is 5.43 Å². The summed E-state index contributed by atoms with van der Waals surface area (Å²) in [5.41, 5.74) is 3.79. The van der Waals surface area contributed by atoms with Gasteiger partial charge in [0.2, 0.25) is 11.9 Å². The molecule has 0 radical (unpaired) electrons. The summed E-state index contributed by atoms with van der Waals surface area (Å²) in [5.74, 6) is 2.22. The van der Waals surface area contributed by atoms with E-state index in [9.17, 15) is 4.79 Å². The van der Waals surface area contributed by atoms with Crippen molar-refractivity contribution in [3.63, 3.8) is 0 Å². The quantitative estimate of drug-likeness (QED) is 0.606. The molecular formula is C20H22N2O6. The van der Waals surface area contributed by atoms with Gasteiger partial charge in [0.25, 0.3) is 5.91 Å². The highest BCUT2D eigenvalue weighted by molar-refractivity contribution is 6.00. The zero-order chi connectivity index (χ0) is 20.1. The van der Waals surface area contributed by atoms with E-state index in [2.05, 4.69) is 10.5 Å². The fourth-order valence-electron chi connectivity index (χ4n) is 2.71. The first-order chi connectivity index (χ1) is 13.6. The normalized spacial score (nSPS) is 15.6. The molecule has 1 heterocycles. The Kier molecular flexibility index (Phi) is 5.88. The number of hydrogen-bond acceptors (Lipinski definition) is 7. The molecule has 2 aromatic carbocycles. The molecular weight excluding hydrogens is 364 g/mol. The van der Waals surface area contributed by atoms with Gasteiger partial charge in [-0.1, -0.05) is 12.1 Å². The zero-order valence-corrected chi connectivity index (χ0v) is 16.1. The van der Waals surface area contributed by atoms with Crippen molar-refractivity contribution in [3.05, 3.63) is 42.0 Å². The van der Waals surface area contributed by atoms with E-state index in [0.29, 0.717) is 40.0 Å². The summed E-state index contributed by atoms with van der Waals surface area (Å²) in [6.07, 6.45) is -0.786. The molecule has 3 rings (SSSR count). The van der Waals surface area contributed by atoms with E-state index < -0.39 is 12.0 Å². The van der Waals surface area contributed by atoms with Crippen LogP contribution in [0, 0.1) is 0 Å². The van der Waals surface area contributed by atoms with E-state index in [-0.39, 0.29) is 6.61 Å². The monoisotopic (exact) mass is 386 g/mol. The third-order valence-electron chi connectivity index (χ3n) is 4.22. The number of methoxy groups -OCH3 is 3. The Morgan fingerprint density at radius 3 is 2.32 bits per heavy atom. The fourth-order valence-corrected chi connectivity index (χ4v) is 2.71. The van der Waals surface area contributed by atoms with Crippen LogP contribution in [-0.4, -0.2) is 45.7 Å². The molecule has 0 bridgehead atoms. The molecule has 8 heteroatoms. The number of ether oxygens (including phenoxy) is 5. The molecule has 1 amide bonds. The molecule has 8 nitrogen and oxygen atoms in total. The second-order valence-corrected chi connectivity index (χ2v) is 5.95. The Balaban J connectivity index is 1.73. The minimum absolute atomic E-state index is 0.113. The van der Waals surface area contributed by atoms with Gasteiger partial charge in [0.05, 0.1) is 27.0 Å². The van der Waals surface area contributed by atoms with Crippen LogP contribution in [0.4, 0.5) is 0 Å². The van der Waals surface area contributed by atoms with Crippen LogP contribution in [-0.2, 0) is 4.79 Å². The van der Waals surface area contributed by atoms with Crippen LogP contribution in [0.25, 0.3) is 0 Å². The van der Waals surface area contributed by atoms with Gasteiger partial charge < -0.3 is 23.7 Å². The summed E-state index contributed by atoms with van der Waals surface area (Å²) in [6, 6.07) is 10.7. The molecule has 1 unspecified atom stereocenters. The lowest BCUT2D eigenvalue weighted by Crippen LogP contribution is -2.42. The minimum Gasteiger partial charge on any atom is -0.493 e. The predicted molar refractivity (Wildman–Crippen MR) is 103 cm³/mol. The summed E-state index contributed by atoms with van der Waals surface area (Å²) in [5, 5.41) is 4.16. The van der Waals surface area contributed by atoms with E-state index in [1.165, 1.54) is 21.3 Å². The van der Waals surface area contributed by atoms with Gasteiger partial charge in [0.15, 0.2) is 23.0 Å². The smallest absolute Gasteiger partial charge is 0.284 e. The van der Waals surface area contributed by atoms with Crippen molar-refractivity contribution in [1.29, 1.82) is 0 Å². The Morgan fingerprint density at radius 2 is 1.71 bits per heavy atom. The first-order valence-corrected chi connectivity index (χ1v) is 8.60. The zero-order valence-electron chi connectivity index (χ0n) is 16.1. The third-order valence-corrected chi connectivity index (χ3v) is 4.22. The fraction of sp³-hybridized carbons (Fsp3) is 0.300. The number of nitrogens with zero attached hydrogens (tertiary/aromatic N) is 1. The SMILES string of the molecule is COc1cc(C(C)=NNC(=O)C2COc3ccccc3O2)cc(OC)c1OC. The lowest BCUT2D eigenvalue weighted by Gasteiger charge is -2.24. The van der Waals surface area contributed by atoms with E-state index >= 15 is 0 Å². The number of nitrogens with one attached hydrogen (secondary N) is 1. The number of para-hydroxylation sites is 2. The molecule has 28 heavy (non-hydrogen) atoms. The Bertz CT molecular complexity index is 871. The van der Waals surface area contributed by atoms with E-state index in [4.69, 9.17) is 23.7 Å². The molecule has 1 atom stereocenters. The lowest BCUT2D eigenvalue weighted by molar-refractivity contribution is -0.130. The highest BCUT2D eigenvalue weighted by Crippen LogP contribution is 2.38. The number of rotatable bonds is 6. The number of carbonyl (C=O) groups excluding carboxylic acids is 1. The highest BCUT2D eigenvalue weighted by atomic mass is 16.6. The van der Waals surface area contributed by atoms with Crippen molar-refractivity contribution in [3.8, 4) is 28.7 Å². The topological polar surface area (TPSA) is 87.6 Å². The number of amides is 1. The molecule has 2 aromatic rings. The minimum atomic E-state index is -0.786. The number of hydrogen-bond donors (Lipinski definition) is 1. The summed E-state index contributed by atoms with van der Waals surface area (Å²) in [7, 11) is 4.60. The molecule has 1 aliphatic rings. The van der Waals surface area contributed by atoms with E-state index in [1.54, 1.807) is 31.2 Å². The Labute approximate surface area is 163 Å². The lowest BCUT2D eigenvalue weighted by atomic mass is 10.1. The van der Waals surface area contributed by atoms with Crippen LogP contribution in [0.2, 0.25) is 0 Å². The van der Waals surface area contributed by atoms with Crippen LogP contribution in [0.5, 0.6) is 28.7 Å². The number of fused-ring (bicyclic) bond motifs is 1. The van der Waals surface area contributed by atoms with Gasteiger partial charge in [-0.2, -0.15) is 5.10 Å². The average Bonchev–Trinajstić information content (AvgIpc) is 2.75. The van der Waals surface area contributed by atoms with Crippen LogP contribution >= 0.6 is 0 Å². The summed E-state index contributed by atoms with van der Waals surface area (Å²) < 4.78 is 27.2. The number of benzene rings is 2. The van der Waals surface area contributed by atoms with Crippen molar-refractivity contribution < 1.29 is 28.5 Å². The Hall–Kier alpha value is -3.42. The second-order valence-electron chi connectivity index (χ2n) is 5.95. The molecule has 0 spiro atoms. The van der Waals surface area contributed by atoms with Gasteiger partial charge in [0.1, 0.15) is 6.61 Å². The standard InChI is InChI=1S/C20H22N2O6/c1-12(13-9-16(24-2)19(26-4)17(10-13)25-3)21-22-20(23)18-11-27-14-7-5-6-8-15(14)28-18/h5-10,18H,11H2,1-4H3,(H,22,23). The van der Waals surface area contributed by atoms with Gasteiger partial charge in [-0.25, -0.2) is 5.43 Å². The van der Waals surface area contributed by atoms with E-state index in [1.807, 2.05) is 12.1 Å². The molecule has 1 N–H and O–H groups in total. The average molecular weight is 386 g/mol. The third kappa shape index (κ3) is 3.95. The maximum atomic E-state index is 12.4. The summed E-state index contributed by atoms with van der Waals surface area (Å²) in [6.45, 7) is 1.87. The largest absolute Gasteiger partial charge is 0.493 e. The molecule has 0 aliphatic carbocycles. The molecule has 0 saturated carbocycles. The van der Waals surface area contributed by atoms with Crippen LogP contribution in [0.1, 0.15) is 12.5 Å². The molecule has 0 fully saturated rings. The van der Waals surface area contributed by atoms with Crippen LogP contribution < -0.4 is 29.1 Å². The molecule has 0 saturated heterocycles. The van der Waals surface area contributed by atoms with Crippen LogP contribution in [0.15, 0.2) is 41.5 Å². The van der Waals surface area contributed by atoms with Gasteiger partial charge in [-0.3, -0.25) is 4.79 Å². The van der Waals surface area contributed by atoms with E-state index in [0.717, 1.165) is 0 Å². The highest BCUT2D eigenvalue weighted by Gasteiger charge is 2.27. The van der Waals surface area contributed by atoms with Crippen molar-refractivity contribution in [2.75, 3.05) is 27.9 Å². The van der Waals surface area contributed by atoms with Gasteiger partial charge in [-0.05, 0) is 31.2 Å². The molecule has 0 aromatic heterocycles. The van der Waals surface area contributed by atoms with Crippen LogP contribution in [0.3, 0.4) is 0 Å².